The lowest BCUT2D eigenvalue weighted by Gasteiger charge is -2.07. The third-order valence-electron chi connectivity index (χ3n) is 2.60. The molecule has 9 heteroatoms. The molecule has 0 bridgehead atoms. The largest absolute Gasteiger partial charge is 0.366 e. The minimum Gasteiger partial charge on any atom is -0.206 e. The minimum atomic E-state index is -5.50. The van der Waals surface area contributed by atoms with Gasteiger partial charge in [-0.2, -0.15) is 8.42 Å². The van der Waals surface area contributed by atoms with Crippen molar-refractivity contribution in [3.63, 3.8) is 0 Å². The molecule has 0 aliphatic heterocycles. The van der Waals surface area contributed by atoms with E-state index in [-0.39, 0.29) is 0 Å². The van der Waals surface area contributed by atoms with Gasteiger partial charge in [-0.3, -0.25) is 0 Å². The molecular formula is C12H10O6S3. The van der Waals surface area contributed by atoms with E-state index < -0.39 is 35.4 Å². The van der Waals surface area contributed by atoms with Gasteiger partial charge in [0.1, 0.15) is 0 Å². The monoisotopic (exact) mass is 346 g/mol. The second-order valence-electron chi connectivity index (χ2n) is 3.94. The highest BCUT2D eigenvalue weighted by atomic mass is 33.6. The van der Waals surface area contributed by atoms with Gasteiger partial charge in [0.2, 0.25) is 0 Å². The van der Waals surface area contributed by atoms with Crippen LogP contribution in [0.3, 0.4) is 0 Å². The van der Waals surface area contributed by atoms with Crippen LogP contribution in [-0.4, -0.2) is 25.3 Å². The van der Waals surface area contributed by atoms with E-state index in [2.05, 4.69) is 0 Å². The van der Waals surface area contributed by atoms with Gasteiger partial charge in [0.15, 0.2) is 0 Å². The summed E-state index contributed by atoms with van der Waals surface area (Å²) in [5, 5.41) is 0. The van der Waals surface area contributed by atoms with E-state index in [9.17, 15) is 25.3 Å². The van der Waals surface area contributed by atoms with Crippen molar-refractivity contribution in [2.24, 2.45) is 0 Å². The maximum Gasteiger partial charge on any atom is 0.366 e. The summed E-state index contributed by atoms with van der Waals surface area (Å²) in [5.74, 6) is 0. The molecule has 112 valence electrons. The van der Waals surface area contributed by atoms with Gasteiger partial charge < -0.3 is 0 Å². The van der Waals surface area contributed by atoms with E-state index in [0.717, 1.165) is 24.3 Å². The van der Waals surface area contributed by atoms with E-state index in [1.165, 1.54) is 36.4 Å². The van der Waals surface area contributed by atoms with Crippen LogP contribution in [0, 0.1) is 0 Å². The van der Waals surface area contributed by atoms with E-state index in [1.807, 2.05) is 0 Å². The van der Waals surface area contributed by atoms with Crippen molar-refractivity contribution in [2.75, 3.05) is 0 Å². The highest BCUT2D eigenvalue weighted by molar-refractivity contribution is 8.99. The van der Waals surface area contributed by atoms with Gasteiger partial charge in [-0.05, 0) is 24.3 Å². The first-order chi connectivity index (χ1) is 9.71. The molecule has 0 radical (unpaired) electrons. The van der Waals surface area contributed by atoms with Gasteiger partial charge in [-0.25, -0.2) is 16.8 Å². The number of hydrogen-bond acceptors (Lipinski definition) is 6. The van der Waals surface area contributed by atoms with E-state index >= 15 is 0 Å². The zero-order valence-corrected chi connectivity index (χ0v) is 12.9. The molecule has 2 rings (SSSR count). The lowest BCUT2D eigenvalue weighted by molar-refractivity contribution is 0.578. The van der Waals surface area contributed by atoms with Crippen LogP contribution in [-0.2, 0) is 25.6 Å². The Hall–Kier alpha value is -1.71. The Morgan fingerprint density at radius 1 is 0.476 bits per heavy atom. The van der Waals surface area contributed by atoms with Gasteiger partial charge in [0, 0.05) is 0 Å². The van der Waals surface area contributed by atoms with Crippen molar-refractivity contribution in [1.29, 1.82) is 0 Å². The third-order valence-corrected chi connectivity index (χ3v) is 13.0. The van der Waals surface area contributed by atoms with E-state index in [0.29, 0.717) is 0 Å². The fourth-order valence-electron chi connectivity index (χ4n) is 1.53. The number of rotatable bonds is 4. The molecule has 2 aromatic carbocycles. The maximum atomic E-state index is 12.1. The Kier molecular flexibility index (Phi) is 3.91. The van der Waals surface area contributed by atoms with Gasteiger partial charge in [0.25, 0.3) is 17.7 Å². The zero-order valence-electron chi connectivity index (χ0n) is 10.4. The summed E-state index contributed by atoms with van der Waals surface area (Å²) in [6, 6.07) is 12.3. The standard InChI is InChI=1S/C12H10O6S3/c13-19(14,11-7-3-1-4-8-11)21(17,18)20(15,16)12-9-5-2-6-10-12/h1-10H. The Morgan fingerprint density at radius 3 is 1.05 bits per heavy atom. The number of benzene rings is 2. The summed E-state index contributed by atoms with van der Waals surface area (Å²) in [6.45, 7) is 0. The molecule has 0 aliphatic carbocycles. The summed E-state index contributed by atoms with van der Waals surface area (Å²) in [7, 11) is -15.6. The molecule has 0 spiro atoms. The van der Waals surface area contributed by atoms with Gasteiger partial charge in [0.05, 0.1) is 9.79 Å². The molecule has 0 fully saturated rings. The Balaban J connectivity index is 2.69. The lowest BCUT2D eigenvalue weighted by Crippen LogP contribution is -2.25. The maximum absolute atomic E-state index is 12.1. The van der Waals surface area contributed by atoms with Crippen molar-refractivity contribution >= 4 is 25.6 Å². The second-order valence-corrected chi connectivity index (χ2v) is 13.4. The average Bonchev–Trinajstić information content (AvgIpc) is 2.48. The molecule has 0 saturated carbocycles. The van der Waals surface area contributed by atoms with Crippen molar-refractivity contribution in [3.05, 3.63) is 60.7 Å². The van der Waals surface area contributed by atoms with Crippen molar-refractivity contribution in [3.8, 4) is 0 Å². The van der Waals surface area contributed by atoms with E-state index in [4.69, 9.17) is 0 Å². The molecule has 2 aromatic rings. The SMILES string of the molecule is O=S(=O)(c1ccccc1)S(=O)(=O)S(=O)(=O)c1ccccc1. The second kappa shape index (κ2) is 5.24. The third kappa shape index (κ3) is 2.47. The molecule has 0 N–H and O–H groups in total. The van der Waals surface area contributed by atoms with Crippen LogP contribution in [0.2, 0.25) is 0 Å². The average molecular weight is 346 g/mol. The predicted octanol–water partition coefficient (Wildman–Crippen LogP) is 1.18. The Morgan fingerprint density at radius 2 is 0.762 bits per heavy atom. The molecule has 0 heterocycles. The first-order valence-electron chi connectivity index (χ1n) is 5.56. The van der Waals surface area contributed by atoms with Crippen LogP contribution in [0.5, 0.6) is 0 Å². The van der Waals surface area contributed by atoms with Crippen LogP contribution >= 0.6 is 0 Å². The molecule has 6 nitrogen and oxygen atoms in total. The zero-order chi connectivity index (χ0) is 15.7. The van der Waals surface area contributed by atoms with Crippen molar-refractivity contribution < 1.29 is 25.3 Å². The first-order valence-corrected chi connectivity index (χ1v) is 11.0. The summed E-state index contributed by atoms with van der Waals surface area (Å²) >= 11 is 0. The van der Waals surface area contributed by atoms with Crippen LogP contribution in [0.25, 0.3) is 0 Å². The normalized spacial score (nSPS) is 13.0. The van der Waals surface area contributed by atoms with Crippen molar-refractivity contribution in [2.45, 2.75) is 9.79 Å². The summed E-state index contributed by atoms with van der Waals surface area (Å²) < 4.78 is 72.6. The molecule has 0 aliphatic rings. The molecule has 0 amide bonds. The predicted molar refractivity (Wildman–Crippen MR) is 76.2 cm³/mol. The fourth-order valence-corrected chi connectivity index (χ4v) is 9.54. The van der Waals surface area contributed by atoms with E-state index in [1.54, 1.807) is 0 Å². The smallest absolute Gasteiger partial charge is 0.206 e. The topological polar surface area (TPSA) is 102 Å². The van der Waals surface area contributed by atoms with Crippen LogP contribution in [0.1, 0.15) is 0 Å². The molecule has 21 heavy (non-hydrogen) atoms. The molecule has 0 aromatic heterocycles. The van der Waals surface area contributed by atoms with Crippen LogP contribution in [0.15, 0.2) is 70.5 Å². The Bertz CT molecular complexity index is 869. The quantitative estimate of drug-likeness (QED) is 0.770. The summed E-state index contributed by atoms with van der Waals surface area (Å²) in [4.78, 5) is -1.19. The van der Waals surface area contributed by atoms with Crippen LogP contribution < -0.4 is 0 Å². The highest BCUT2D eigenvalue weighted by Crippen LogP contribution is 2.26. The summed E-state index contributed by atoms with van der Waals surface area (Å²) in [5.41, 5.74) is 0. The van der Waals surface area contributed by atoms with Crippen molar-refractivity contribution in [1.82, 2.24) is 0 Å². The van der Waals surface area contributed by atoms with Gasteiger partial charge in [-0.1, -0.05) is 36.4 Å². The van der Waals surface area contributed by atoms with Crippen LogP contribution in [0.4, 0.5) is 0 Å². The number of hydrogen-bond donors (Lipinski definition) is 0. The van der Waals surface area contributed by atoms with Gasteiger partial charge >= 0.3 is 7.90 Å². The molecular weight excluding hydrogens is 336 g/mol. The molecule has 0 atom stereocenters. The Labute approximate surface area is 121 Å². The van der Waals surface area contributed by atoms with Gasteiger partial charge in [-0.15, -0.1) is 0 Å². The fraction of sp³-hybridized carbons (Fsp3) is 0. The first kappa shape index (κ1) is 15.7. The highest BCUT2D eigenvalue weighted by Gasteiger charge is 2.44. The minimum absolute atomic E-state index is 0.593. The summed E-state index contributed by atoms with van der Waals surface area (Å²) in [6.07, 6.45) is 0. The molecule has 0 unspecified atom stereocenters. The lowest BCUT2D eigenvalue weighted by atomic mass is 10.4. The molecule has 0 saturated heterocycles.